The normalized spacial score (nSPS) is 11.6. The highest BCUT2D eigenvalue weighted by Crippen LogP contribution is 2.39. The van der Waals surface area contributed by atoms with Gasteiger partial charge in [0.2, 0.25) is 0 Å². The van der Waals surface area contributed by atoms with Gasteiger partial charge in [-0.1, -0.05) is 109 Å². The molecule has 0 aliphatic heterocycles. The third kappa shape index (κ3) is 4.45. The topological polar surface area (TPSA) is 37.5 Å². The van der Waals surface area contributed by atoms with E-state index in [4.69, 9.17) is 9.41 Å². The van der Waals surface area contributed by atoms with Crippen LogP contribution in [-0.4, -0.2) is 6.21 Å². The molecule has 0 saturated heterocycles. The molecular formula is C36H26N2O. The maximum Gasteiger partial charge on any atom is 0.137 e. The number of nitrogens with zero attached hydrogens (tertiary/aromatic N) is 1. The number of fused-ring (bicyclic) bond motifs is 4. The summed E-state index contributed by atoms with van der Waals surface area (Å²) in [6.07, 6.45) is 1.94. The van der Waals surface area contributed by atoms with Crippen molar-refractivity contribution >= 4 is 50.3 Å². The van der Waals surface area contributed by atoms with Gasteiger partial charge < -0.3 is 9.73 Å². The van der Waals surface area contributed by atoms with E-state index < -0.39 is 0 Å². The molecule has 1 aromatic heterocycles. The second-order valence-corrected chi connectivity index (χ2v) is 9.68. The molecule has 1 N–H and O–H groups in total. The van der Waals surface area contributed by atoms with Gasteiger partial charge in [0.15, 0.2) is 0 Å². The number of rotatable bonds is 6. The van der Waals surface area contributed by atoms with Crippen LogP contribution in [0.1, 0.15) is 11.1 Å². The second kappa shape index (κ2) is 9.96. The predicted molar refractivity (Wildman–Crippen MR) is 164 cm³/mol. The average molecular weight is 503 g/mol. The number of nitrogens with one attached hydrogen (secondary N) is 1. The number of aliphatic imine (C=N–C) groups is 1. The smallest absolute Gasteiger partial charge is 0.137 e. The lowest BCUT2D eigenvalue weighted by Gasteiger charge is -2.16. The van der Waals surface area contributed by atoms with E-state index in [1.165, 1.54) is 10.9 Å². The molecular weight excluding hydrogens is 476 g/mol. The van der Waals surface area contributed by atoms with Crippen LogP contribution in [0.5, 0.6) is 0 Å². The average Bonchev–Trinajstić information content (AvgIpc) is 3.36. The van der Waals surface area contributed by atoms with E-state index >= 15 is 0 Å². The number of para-hydroxylation sites is 1. The Bertz CT molecular complexity index is 1950. The van der Waals surface area contributed by atoms with Gasteiger partial charge in [-0.3, -0.25) is 4.99 Å². The molecule has 3 nitrogen and oxygen atoms in total. The maximum absolute atomic E-state index is 6.25. The lowest BCUT2D eigenvalue weighted by molar-refractivity contribution is 0.669. The zero-order valence-corrected chi connectivity index (χ0v) is 21.3. The molecule has 39 heavy (non-hydrogen) atoms. The standard InChI is InChI=1S/C36H26N2O/c1-3-11-25(12-4-1)23-37-24-27-19-20-33(29-16-8-7-15-28(27)29)38-34-22-36-32(30-17-9-10-18-35(30)39-36)21-31(34)26-13-5-2-6-14-26/h1-23,38H,24H2/b37-23+. The highest BCUT2D eigenvalue weighted by molar-refractivity contribution is 6.09. The van der Waals surface area contributed by atoms with Gasteiger partial charge in [0, 0.05) is 39.7 Å². The quantitative estimate of drug-likeness (QED) is 0.230. The maximum atomic E-state index is 6.25. The SMILES string of the molecule is C(=N\Cc1ccc(Nc2cc3oc4ccccc4c3cc2-c2ccccc2)c2ccccc12)/c1ccccc1. The number of benzene rings is 6. The minimum absolute atomic E-state index is 0.621. The highest BCUT2D eigenvalue weighted by atomic mass is 16.3. The van der Waals surface area contributed by atoms with Gasteiger partial charge in [0.05, 0.1) is 12.2 Å². The van der Waals surface area contributed by atoms with Crippen LogP contribution >= 0.6 is 0 Å². The molecule has 0 spiro atoms. The second-order valence-electron chi connectivity index (χ2n) is 9.68. The van der Waals surface area contributed by atoms with Gasteiger partial charge in [0.1, 0.15) is 11.2 Å². The fourth-order valence-corrected chi connectivity index (χ4v) is 5.27. The van der Waals surface area contributed by atoms with Crippen LogP contribution in [0, 0.1) is 0 Å². The number of hydrogen-bond donors (Lipinski definition) is 1. The molecule has 1 heterocycles. The fourth-order valence-electron chi connectivity index (χ4n) is 5.27. The van der Waals surface area contributed by atoms with Crippen molar-refractivity contribution < 1.29 is 4.42 Å². The number of hydrogen-bond acceptors (Lipinski definition) is 3. The molecule has 0 unspecified atom stereocenters. The monoisotopic (exact) mass is 502 g/mol. The molecule has 0 saturated carbocycles. The molecule has 3 heteroatoms. The predicted octanol–water partition coefficient (Wildman–Crippen LogP) is 9.77. The van der Waals surface area contributed by atoms with Gasteiger partial charge in [-0.25, -0.2) is 0 Å². The molecule has 7 rings (SSSR count). The summed E-state index contributed by atoms with van der Waals surface area (Å²) in [5.74, 6) is 0. The van der Waals surface area contributed by atoms with E-state index in [-0.39, 0.29) is 0 Å². The zero-order valence-electron chi connectivity index (χ0n) is 21.3. The van der Waals surface area contributed by atoms with Gasteiger partial charge in [-0.2, -0.15) is 0 Å². The summed E-state index contributed by atoms with van der Waals surface area (Å²) in [6.45, 7) is 0.621. The molecule has 0 bridgehead atoms. The van der Waals surface area contributed by atoms with E-state index in [1.54, 1.807) is 0 Å². The van der Waals surface area contributed by atoms with Crippen LogP contribution in [0.3, 0.4) is 0 Å². The molecule has 0 atom stereocenters. The summed E-state index contributed by atoms with van der Waals surface area (Å²) < 4.78 is 6.25. The Morgan fingerprint density at radius 3 is 2.08 bits per heavy atom. The summed E-state index contributed by atoms with van der Waals surface area (Å²) >= 11 is 0. The lowest BCUT2D eigenvalue weighted by Crippen LogP contribution is -1.96. The van der Waals surface area contributed by atoms with E-state index in [1.807, 2.05) is 36.5 Å². The van der Waals surface area contributed by atoms with Crippen molar-refractivity contribution in [3.8, 4) is 11.1 Å². The van der Waals surface area contributed by atoms with Crippen LogP contribution in [0.2, 0.25) is 0 Å². The molecule has 0 amide bonds. The van der Waals surface area contributed by atoms with Crippen molar-refractivity contribution in [3.05, 3.63) is 145 Å². The summed E-state index contributed by atoms with van der Waals surface area (Å²) in [6, 6.07) is 46.2. The van der Waals surface area contributed by atoms with Crippen molar-refractivity contribution in [1.29, 1.82) is 0 Å². The van der Waals surface area contributed by atoms with E-state index in [0.29, 0.717) is 6.54 Å². The van der Waals surface area contributed by atoms with Crippen molar-refractivity contribution in [2.24, 2.45) is 4.99 Å². The van der Waals surface area contributed by atoms with Crippen LogP contribution < -0.4 is 5.32 Å². The summed E-state index contributed by atoms with van der Waals surface area (Å²) in [7, 11) is 0. The first-order chi connectivity index (χ1) is 19.3. The first-order valence-corrected chi connectivity index (χ1v) is 13.2. The third-order valence-electron chi connectivity index (χ3n) is 7.19. The van der Waals surface area contributed by atoms with Crippen molar-refractivity contribution in [2.45, 2.75) is 6.54 Å². The lowest BCUT2D eigenvalue weighted by atomic mass is 9.99. The molecule has 0 fully saturated rings. The summed E-state index contributed by atoms with van der Waals surface area (Å²) in [5, 5.41) is 8.36. The Labute approximate surface area is 227 Å². The third-order valence-corrected chi connectivity index (χ3v) is 7.19. The number of anilines is 2. The Morgan fingerprint density at radius 2 is 1.26 bits per heavy atom. The van der Waals surface area contributed by atoms with Crippen molar-refractivity contribution in [2.75, 3.05) is 5.32 Å². The fraction of sp³-hybridized carbons (Fsp3) is 0.0278. The Hall–Kier alpha value is -5.15. The van der Waals surface area contributed by atoms with Crippen LogP contribution in [-0.2, 0) is 6.54 Å². The van der Waals surface area contributed by atoms with E-state index in [2.05, 4.69) is 108 Å². The molecule has 0 aliphatic carbocycles. The van der Waals surface area contributed by atoms with Gasteiger partial charge in [0.25, 0.3) is 0 Å². The molecule has 6 aromatic carbocycles. The van der Waals surface area contributed by atoms with Gasteiger partial charge in [-0.05, 0) is 40.3 Å². The van der Waals surface area contributed by atoms with Gasteiger partial charge in [-0.15, -0.1) is 0 Å². The summed E-state index contributed by atoms with van der Waals surface area (Å²) in [4.78, 5) is 4.73. The Balaban J connectivity index is 1.31. The molecule has 0 aliphatic rings. The Kier molecular flexibility index (Phi) is 5.87. The number of furan rings is 1. The van der Waals surface area contributed by atoms with Crippen molar-refractivity contribution in [1.82, 2.24) is 0 Å². The minimum Gasteiger partial charge on any atom is -0.456 e. The minimum atomic E-state index is 0.621. The zero-order chi connectivity index (χ0) is 26.0. The van der Waals surface area contributed by atoms with Crippen LogP contribution in [0.25, 0.3) is 43.8 Å². The van der Waals surface area contributed by atoms with E-state index in [9.17, 15) is 0 Å². The van der Waals surface area contributed by atoms with Gasteiger partial charge >= 0.3 is 0 Å². The van der Waals surface area contributed by atoms with Crippen LogP contribution in [0.4, 0.5) is 11.4 Å². The molecule has 7 aromatic rings. The van der Waals surface area contributed by atoms with E-state index in [0.717, 1.165) is 55.4 Å². The first-order valence-electron chi connectivity index (χ1n) is 13.2. The summed E-state index contributed by atoms with van der Waals surface area (Å²) in [5.41, 5.74) is 8.42. The largest absolute Gasteiger partial charge is 0.456 e. The van der Waals surface area contributed by atoms with Crippen LogP contribution in [0.15, 0.2) is 143 Å². The highest BCUT2D eigenvalue weighted by Gasteiger charge is 2.14. The van der Waals surface area contributed by atoms with Crippen molar-refractivity contribution in [3.63, 3.8) is 0 Å². The molecule has 0 radical (unpaired) electrons. The molecule has 186 valence electrons. The Morgan fingerprint density at radius 1 is 0.564 bits per heavy atom. The first kappa shape index (κ1) is 23.0.